The van der Waals surface area contributed by atoms with Crippen molar-refractivity contribution >= 4 is 40.6 Å². The van der Waals surface area contributed by atoms with Gasteiger partial charge in [0.25, 0.3) is 0 Å². The zero-order valence-corrected chi connectivity index (χ0v) is 20.2. The molecular weight excluding hydrogens is 470 g/mol. The molecule has 3 atom stereocenters. The van der Waals surface area contributed by atoms with E-state index < -0.39 is 60.8 Å². The Morgan fingerprint density at radius 3 is 2.19 bits per heavy atom. The van der Waals surface area contributed by atoms with Gasteiger partial charge in [0.1, 0.15) is 18.1 Å². The number of hydrogen-bond acceptors (Lipinski definition) is 6. The summed E-state index contributed by atoms with van der Waals surface area (Å²) in [6.45, 7) is 3.25. The molecule has 0 bridgehead atoms. The number of aromatic nitrogens is 1. The number of carboxylic acids is 2. The van der Waals surface area contributed by atoms with Gasteiger partial charge in [-0.15, -0.1) is 0 Å². The molecule has 0 aliphatic rings. The summed E-state index contributed by atoms with van der Waals surface area (Å²) in [7, 11) is 0. The SMILES string of the molecule is CC(C)CC(NC(=O)C(CCC(=O)O)NC(=O)CN)C(=O)NC(Cc1c[nH]c2ccccc12)C(=O)O. The van der Waals surface area contributed by atoms with Crippen LogP contribution in [0.15, 0.2) is 30.5 Å². The van der Waals surface area contributed by atoms with Gasteiger partial charge in [0.15, 0.2) is 0 Å². The molecule has 1 aromatic heterocycles. The summed E-state index contributed by atoms with van der Waals surface area (Å²) >= 11 is 0. The Balaban J connectivity index is 2.17. The molecule has 0 fully saturated rings. The molecule has 0 spiro atoms. The molecular formula is C24H33N5O7. The summed E-state index contributed by atoms with van der Waals surface area (Å²) in [4.78, 5) is 63.7. The van der Waals surface area contributed by atoms with E-state index in [1.54, 1.807) is 6.20 Å². The van der Waals surface area contributed by atoms with Gasteiger partial charge in [-0.2, -0.15) is 0 Å². The van der Waals surface area contributed by atoms with Gasteiger partial charge in [-0.3, -0.25) is 19.2 Å². The first-order valence-corrected chi connectivity index (χ1v) is 11.6. The quantitative estimate of drug-likeness (QED) is 0.188. The molecule has 36 heavy (non-hydrogen) atoms. The predicted octanol–water partition coefficient (Wildman–Crippen LogP) is 0.119. The Hall–Kier alpha value is -3.93. The maximum absolute atomic E-state index is 13.1. The average molecular weight is 504 g/mol. The Morgan fingerprint density at radius 1 is 0.944 bits per heavy atom. The average Bonchev–Trinajstić information content (AvgIpc) is 3.22. The minimum absolute atomic E-state index is 0.0151. The molecule has 1 aromatic carbocycles. The number of amides is 3. The fraction of sp³-hybridized carbons (Fsp3) is 0.458. The first-order chi connectivity index (χ1) is 17.0. The topological polar surface area (TPSA) is 204 Å². The van der Waals surface area contributed by atoms with E-state index in [2.05, 4.69) is 20.9 Å². The second-order valence-electron chi connectivity index (χ2n) is 8.91. The third-order valence-electron chi connectivity index (χ3n) is 5.54. The monoisotopic (exact) mass is 503 g/mol. The standard InChI is InChI=1S/C24H33N5O7/c1-13(2)9-18(28-22(33)17(7-8-21(31)32)27-20(30)11-25)23(34)29-19(24(35)36)10-14-12-26-16-6-4-3-5-15(14)16/h3-6,12-13,17-19,26H,7-11,25H2,1-2H3,(H,27,30)(H,28,33)(H,29,34)(H,31,32)(H,35,36). The van der Waals surface area contributed by atoms with E-state index in [1.165, 1.54) is 0 Å². The van der Waals surface area contributed by atoms with E-state index in [1.807, 2.05) is 38.1 Å². The van der Waals surface area contributed by atoms with E-state index >= 15 is 0 Å². The summed E-state index contributed by atoms with van der Waals surface area (Å²) in [6, 6.07) is 3.78. The van der Waals surface area contributed by atoms with Crippen LogP contribution >= 0.6 is 0 Å². The largest absolute Gasteiger partial charge is 0.481 e. The second-order valence-corrected chi connectivity index (χ2v) is 8.91. The zero-order chi connectivity index (χ0) is 26.8. The van der Waals surface area contributed by atoms with E-state index in [0.29, 0.717) is 5.56 Å². The molecule has 196 valence electrons. The molecule has 0 saturated heterocycles. The van der Waals surface area contributed by atoms with Gasteiger partial charge in [-0.1, -0.05) is 32.0 Å². The van der Waals surface area contributed by atoms with Crippen molar-refractivity contribution in [1.29, 1.82) is 0 Å². The minimum Gasteiger partial charge on any atom is -0.481 e. The predicted molar refractivity (Wildman–Crippen MR) is 131 cm³/mol. The van der Waals surface area contributed by atoms with Crippen LogP contribution in [-0.2, 0) is 30.4 Å². The lowest BCUT2D eigenvalue weighted by atomic mass is 10.0. The Labute approximate surface area is 208 Å². The molecule has 8 N–H and O–H groups in total. The number of benzene rings is 1. The fourth-order valence-electron chi connectivity index (χ4n) is 3.76. The number of carbonyl (C=O) groups excluding carboxylic acids is 3. The van der Waals surface area contributed by atoms with Crippen LogP contribution in [0.2, 0.25) is 0 Å². The van der Waals surface area contributed by atoms with Crippen LogP contribution in [0, 0.1) is 5.92 Å². The number of aromatic amines is 1. The van der Waals surface area contributed by atoms with Crippen molar-refractivity contribution in [2.75, 3.05) is 6.54 Å². The number of nitrogens with two attached hydrogens (primary N) is 1. The highest BCUT2D eigenvalue weighted by Crippen LogP contribution is 2.19. The molecule has 1 heterocycles. The number of fused-ring (bicyclic) bond motifs is 1. The molecule has 12 heteroatoms. The fourth-order valence-corrected chi connectivity index (χ4v) is 3.76. The molecule has 3 amide bonds. The Kier molecular flexibility index (Phi) is 10.4. The summed E-state index contributed by atoms with van der Waals surface area (Å²) in [5, 5.41) is 26.9. The number of aliphatic carboxylic acids is 2. The molecule has 2 aromatic rings. The number of H-pyrrole nitrogens is 1. The highest BCUT2D eigenvalue weighted by Gasteiger charge is 2.30. The summed E-state index contributed by atoms with van der Waals surface area (Å²) in [5.74, 6) is -4.57. The zero-order valence-electron chi connectivity index (χ0n) is 20.2. The van der Waals surface area contributed by atoms with Gasteiger partial charge in [-0.05, 0) is 30.4 Å². The summed E-state index contributed by atoms with van der Waals surface area (Å²) in [5.41, 5.74) is 6.83. The van der Waals surface area contributed by atoms with Crippen molar-refractivity contribution in [2.24, 2.45) is 11.7 Å². The smallest absolute Gasteiger partial charge is 0.326 e. The number of rotatable bonds is 14. The number of hydrogen-bond donors (Lipinski definition) is 7. The van der Waals surface area contributed by atoms with Crippen molar-refractivity contribution in [3.8, 4) is 0 Å². The van der Waals surface area contributed by atoms with Crippen LogP contribution < -0.4 is 21.7 Å². The van der Waals surface area contributed by atoms with Crippen molar-refractivity contribution in [1.82, 2.24) is 20.9 Å². The van der Waals surface area contributed by atoms with Crippen LogP contribution in [0.1, 0.15) is 38.7 Å². The molecule has 2 rings (SSSR count). The molecule has 0 radical (unpaired) electrons. The lowest BCUT2D eigenvalue weighted by Gasteiger charge is -2.25. The second kappa shape index (κ2) is 13.2. The normalized spacial score (nSPS) is 13.6. The molecule has 0 aliphatic carbocycles. The number of carbonyl (C=O) groups is 5. The van der Waals surface area contributed by atoms with E-state index in [-0.39, 0.29) is 25.2 Å². The maximum Gasteiger partial charge on any atom is 0.326 e. The van der Waals surface area contributed by atoms with Crippen molar-refractivity contribution in [3.63, 3.8) is 0 Å². The number of nitrogens with one attached hydrogen (secondary N) is 4. The van der Waals surface area contributed by atoms with Crippen LogP contribution in [0.4, 0.5) is 0 Å². The molecule has 12 nitrogen and oxygen atoms in total. The third-order valence-corrected chi connectivity index (χ3v) is 5.54. The molecule has 3 unspecified atom stereocenters. The third kappa shape index (κ3) is 8.38. The minimum atomic E-state index is -1.26. The van der Waals surface area contributed by atoms with Crippen LogP contribution in [0.3, 0.4) is 0 Å². The van der Waals surface area contributed by atoms with E-state index in [4.69, 9.17) is 10.8 Å². The van der Waals surface area contributed by atoms with Crippen LogP contribution in [-0.4, -0.2) is 69.5 Å². The lowest BCUT2D eigenvalue weighted by molar-refractivity contribution is -0.142. The summed E-state index contributed by atoms with van der Waals surface area (Å²) in [6.07, 6.45) is 1.29. The van der Waals surface area contributed by atoms with Crippen molar-refractivity contribution in [2.45, 2.75) is 57.7 Å². The van der Waals surface area contributed by atoms with Crippen molar-refractivity contribution in [3.05, 3.63) is 36.0 Å². The Bertz CT molecular complexity index is 1100. The lowest BCUT2D eigenvalue weighted by Crippen LogP contribution is -2.56. The molecule has 0 saturated carbocycles. The maximum atomic E-state index is 13.1. The van der Waals surface area contributed by atoms with Gasteiger partial charge in [-0.25, -0.2) is 4.79 Å². The van der Waals surface area contributed by atoms with Gasteiger partial charge in [0.2, 0.25) is 17.7 Å². The van der Waals surface area contributed by atoms with Crippen LogP contribution in [0.5, 0.6) is 0 Å². The van der Waals surface area contributed by atoms with E-state index in [0.717, 1.165) is 10.9 Å². The summed E-state index contributed by atoms with van der Waals surface area (Å²) < 4.78 is 0. The van der Waals surface area contributed by atoms with Crippen LogP contribution in [0.25, 0.3) is 10.9 Å². The Morgan fingerprint density at radius 2 is 1.58 bits per heavy atom. The first kappa shape index (κ1) is 28.3. The van der Waals surface area contributed by atoms with Crippen molar-refractivity contribution < 1.29 is 34.2 Å². The number of carboxylic acid groups (broad SMARTS) is 2. The van der Waals surface area contributed by atoms with Gasteiger partial charge in [0.05, 0.1) is 6.54 Å². The van der Waals surface area contributed by atoms with Gasteiger partial charge in [0, 0.05) is 29.9 Å². The van der Waals surface area contributed by atoms with Gasteiger partial charge < -0.3 is 36.9 Å². The van der Waals surface area contributed by atoms with Gasteiger partial charge >= 0.3 is 11.9 Å². The molecule has 0 aliphatic heterocycles. The van der Waals surface area contributed by atoms with E-state index in [9.17, 15) is 29.1 Å². The number of para-hydroxylation sites is 1. The highest BCUT2D eigenvalue weighted by molar-refractivity contribution is 5.94. The first-order valence-electron chi connectivity index (χ1n) is 11.6. The highest BCUT2D eigenvalue weighted by atomic mass is 16.4.